The topological polar surface area (TPSA) is 155 Å². The number of aliphatic carboxylic acids is 1. The van der Waals surface area contributed by atoms with Crippen LogP contribution in [0.2, 0.25) is 0 Å². The molecule has 11 nitrogen and oxygen atoms in total. The Labute approximate surface area is 184 Å². The largest absolute Gasteiger partial charge is 0.481 e. The zero-order valence-corrected chi connectivity index (χ0v) is 18.8. The molecule has 2 unspecified atom stereocenters. The standard InChI is InChI=1S/C19H29NO10S/c1-10(21)20-16-18(29-13(4)24)17(28-12(3)23)14(9-27-11(2)22)30-19(16)31-8-6-5-7-15(25)26/h14,16-19H,5-9H2,1-4H3,(H,20,21)(H,25,26)/t14?,16?,17-,18+,19+/m0/s1. The van der Waals surface area contributed by atoms with Gasteiger partial charge in [0.15, 0.2) is 12.2 Å². The second-order valence-electron chi connectivity index (χ2n) is 6.94. The van der Waals surface area contributed by atoms with Gasteiger partial charge in [-0.25, -0.2) is 0 Å². The highest BCUT2D eigenvalue weighted by Gasteiger charge is 2.50. The maximum Gasteiger partial charge on any atom is 0.303 e. The number of carboxylic acid groups (broad SMARTS) is 1. The number of hydrogen-bond acceptors (Lipinski definition) is 10. The molecule has 12 heteroatoms. The van der Waals surface area contributed by atoms with Gasteiger partial charge in [-0.1, -0.05) is 0 Å². The Bertz CT molecular complexity index is 670. The van der Waals surface area contributed by atoms with Crippen molar-refractivity contribution in [3.05, 3.63) is 0 Å². The molecule has 1 heterocycles. The Balaban J connectivity index is 3.11. The molecule has 0 aliphatic carbocycles. The molecular formula is C19H29NO10S. The molecular weight excluding hydrogens is 434 g/mol. The van der Waals surface area contributed by atoms with Crippen molar-refractivity contribution in [1.29, 1.82) is 0 Å². The SMILES string of the molecule is CC(=O)NC1[C@@H](SCCCCC(=O)O)OC(COC(C)=O)[C@H](OC(C)=O)[C@@H]1OC(C)=O. The number of ether oxygens (including phenoxy) is 4. The van der Waals surface area contributed by atoms with E-state index < -0.39 is 59.6 Å². The molecule has 31 heavy (non-hydrogen) atoms. The van der Waals surface area contributed by atoms with Crippen LogP contribution in [-0.4, -0.2) is 77.0 Å². The summed E-state index contributed by atoms with van der Waals surface area (Å²) < 4.78 is 21.7. The van der Waals surface area contributed by atoms with Crippen molar-refractivity contribution < 1.29 is 48.0 Å². The first-order chi connectivity index (χ1) is 14.5. The molecule has 1 saturated heterocycles. The third-order valence-corrected chi connectivity index (χ3v) is 5.40. The molecule has 0 aromatic rings. The van der Waals surface area contributed by atoms with Crippen LogP contribution < -0.4 is 5.32 Å². The van der Waals surface area contributed by atoms with Crippen molar-refractivity contribution in [3.63, 3.8) is 0 Å². The third kappa shape index (κ3) is 10.0. The summed E-state index contributed by atoms with van der Waals surface area (Å²) in [6.07, 6.45) is -2.10. The second kappa shape index (κ2) is 13.2. The lowest BCUT2D eigenvalue weighted by Gasteiger charge is -2.45. The first-order valence-electron chi connectivity index (χ1n) is 9.75. The molecule has 0 radical (unpaired) electrons. The quantitative estimate of drug-likeness (QED) is 0.252. The van der Waals surface area contributed by atoms with Crippen LogP contribution in [0, 0.1) is 0 Å². The van der Waals surface area contributed by atoms with E-state index in [9.17, 15) is 24.0 Å². The Kier molecular flexibility index (Phi) is 11.3. The van der Waals surface area contributed by atoms with Gasteiger partial charge in [-0.2, -0.15) is 0 Å². The fourth-order valence-electron chi connectivity index (χ4n) is 3.01. The molecule has 176 valence electrons. The predicted molar refractivity (Wildman–Crippen MR) is 108 cm³/mol. The van der Waals surface area contributed by atoms with Crippen molar-refractivity contribution in [2.45, 2.75) is 76.7 Å². The smallest absolute Gasteiger partial charge is 0.303 e. The van der Waals surface area contributed by atoms with Crippen LogP contribution in [0.3, 0.4) is 0 Å². The van der Waals surface area contributed by atoms with Gasteiger partial charge in [-0.05, 0) is 18.6 Å². The van der Waals surface area contributed by atoms with Gasteiger partial charge < -0.3 is 29.4 Å². The van der Waals surface area contributed by atoms with E-state index in [-0.39, 0.29) is 13.0 Å². The highest BCUT2D eigenvalue weighted by Crippen LogP contribution is 2.33. The fourth-order valence-corrected chi connectivity index (χ4v) is 4.27. The second-order valence-corrected chi connectivity index (χ2v) is 8.15. The number of amides is 1. The Morgan fingerprint density at radius 1 is 0.935 bits per heavy atom. The van der Waals surface area contributed by atoms with E-state index in [2.05, 4.69) is 5.32 Å². The lowest BCUT2D eigenvalue weighted by molar-refractivity contribution is -0.211. The van der Waals surface area contributed by atoms with Crippen LogP contribution in [0.1, 0.15) is 47.0 Å². The monoisotopic (exact) mass is 463 g/mol. The number of unbranched alkanes of at least 4 members (excludes halogenated alkanes) is 1. The summed E-state index contributed by atoms with van der Waals surface area (Å²) in [4.78, 5) is 57.2. The van der Waals surface area contributed by atoms with Gasteiger partial charge in [0.2, 0.25) is 5.91 Å². The van der Waals surface area contributed by atoms with Gasteiger partial charge >= 0.3 is 23.9 Å². The van der Waals surface area contributed by atoms with E-state index >= 15 is 0 Å². The normalized spacial score (nSPS) is 25.2. The molecule has 2 N–H and O–H groups in total. The van der Waals surface area contributed by atoms with Gasteiger partial charge in [0.25, 0.3) is 0 Å². The van der Waals surface area contributed by atoms with Gasteiger partial charge in [0.05, 0.1) is 0 Å². The molecule has 0 aromatic carbocycles. The summed E-state index contributed by atoms with van der Waals surface area (Å²) in [5, 5.41) is 11.4. The summed E-state index contributed by atoms with van der Waals surface area (Å²) in [7, 11) is 0. The van der Waals surface area contributed by atoms with Gasteiger partial charge in [0, 0.05) is 34.1 Å². The van der Waals surface area contributed by atoms with Crippen molar-refractivity contribution in [1.82, 2.24) is 5.32 Å². The zero-order valence-electron chi connectivity index (χ0n) is 18.0. The van der Waals surface area contributed by atoms with Crippen LogP contribution in [0.15, 0.2) is 0 Å². The molecule has 5 atom stereocenters. The average molecular weight is 464 g/mol. The number of carboxylic acids is 1. The Morgan fingerprint density at radius 2 is 1.55 bits per heavy atom. The van der Waals surface area contributed by atoms with E-state index in [4.69, 9.17) is 24.1 Å². The zero-order chi connectivity index (χ0) is 23.6. The Hall–Kier alpha value is -2.34. The third-order valence-electron chi connectivity index (χ3n) is 4.14. The maximum absolute atomic E-state index is 11.8. The van der Waals surface area contributed by atoms with E-state index in [0.717, 1.165) is 0 Å². The molecule has 1 aliphatic rings. The number of nitrogens with one attached hydrogen (secondary N) is 1. The molecule has 1 aliphatic heterocycles. The van der Waals surface area contributed by atoms with Crippen LogP contribution in [0.25, 0.3) is 0 Å². The molecule has 0 aromatic heterocycles. The summed E-state index contributed by atoms with van der Waals surface area (Å²) in [5.74, 6) is -2.70. The number of thioether (sulfide) groups is 1. The van der Waals surface area contributed by atoms with Crippen molar-refractivity contribution in [2.24, 2.45) is 0 Å². The van der Waals surface area contributed by atoms with Gasteiger partial charge in [-0.15, -0.1) is 11.8 Å². The molecule has 1 rings (SSSR count). The summed E-state index contributed by atoms with van der Waals surface area (Å²) in [5.41, 5.74) is -0.731. The van der Waals surface area contributed by atoms with Crippen molar-refractivity contribution >= 4 is 41.5 Å². The van der Waals surface area contributed by atoms with E-state index in [1.54, 1.807) is 0 Å². The number of hydrogen-bond donors (Lipinski definition) is 2. The lowest BCUT2D eigenvalue weighted by atomic mass is 9.97. The van der Waals surface area contributed by atoms with E-state index in [1.165, 1.54) is 39.5 Å². The maximum atomic E-state index is 11.8. The minimum Gasteiger partial charge on any atom is -0.481 e. The molecule has 0 saturated carbocycles. The number of esters is 3. The minimum absolute atomic E-state index is 0.0287. The minimum atomic E-state index is -1.12. The number of carbonyl (C=O) groups is 5. The first kappa shape index (κ1) is 26.7. The summed E-state index contributed by atoms with van der Waals surface area (Å²) in [6, 6.07) is -0.858. The molecule has 0 spiro atoms. The first-order valence-corrected chi connectivity index (χ1v) is 10.8. The van der Waals surface area contributed by atoms with Crippen LogP contribution in [0.4, 0.5) is 0 Å². The summed E-state index contributed by atoms with van der Waals surface area (Å²) in [6.45, 7) is 4.59. The van der Waals surface area contributed by atoms with Crippen molar-refractivity contribution in [2.75, 3.05) is 12.4 Å². The number of rotatable bonds is 11. The van der Waals surface area contributed by atoms with Crippen molar-refractivity contribution in [3.8, 4) is 0 Å². The fraction of sp³-hybridized carbons (Fsp3) is 0.737. The van der Waals surface area contributed by atoms with E-state index in [0.29, 0.717) is 18.6 Å². The number of carbonyl (C=O) groups excluding carboxylic acids is 4. The predicted octanol–water partition coefficient (Wildman–Crippen LogP) is 0.631. The van der Waals surface area contributed by atoms with Crippen LogP contribution in [-0.2, 0) is 42.9 Å². The average Bonchev–Trinajstić information content (AvgIpc) is 2.62. The highest BCUT2D eigenvalue weighted by molar-refractivity contribution is 7.99. The molecule has 1 amide bonds. The summed E-state index contributed by atoms with van der Waals surface area (Å²) >= 11 is 1.29. The van der Waals surface area contributed by atoms with Gasteiger partial charge in [-0.3, -0.25) is 24.0 Å². The van der Waals surface area contributed by atoms with Crippen LogP contribution in [0.5, 0.6) is 0 Å². The van der Waals surface area contributed by atoms with E-state index in [1.807, 2.05) is 0 Å². The molecule has 0 bridgehead atoms. The molecule has 1 fully saturated rings. The highest BCUT2D eigenvalue weighted by atomic mass is 32.2. The lowest BCUT2D eigenvalue weighted by Crippen LogP contribution is -2.65. The van der Waals surface area contributed by atoms with Gasteiger partial charge in [0.1, 0.15) is 24.2 Å². The van der Waals surface area contributed by atoms with Crippen LogP contribution >= 0.6 is 11.8 Å². The Morgan fingerprint density at radius 3 is 2.06 bits per heavy atom.